The smallest absolute Gasteiger partial charge is 0.428 e. The number of pyridine rings is 2. The molecule has 0 saturated heterocycles. The monoisotopic (exact) mass is 677 g/mol. The molecule has 4 rings (SSSR count). The van der Waals surface area contributed by atoms with E-state index in [1.54, 1.807) is 23.6 Å². The van der Waals surface area contributed by atoms with Gasteiger partial charge in [0.15, 0.2) is 5.69 Å². The quantitative estimate of drug-likeness (QED) is 0.157. The minimum atomic E-state index is -4.69. The fraction of sp³-hybridized carbons (Fsp3) is 0.333. The Labute approximate surface area is 269 Å². The van der Waals surface area contributed by atoms with Gasteiger partial charge in [-0.2, -0.15) is 13.2 Å². The van der Waals surface area contributed by atoms with Crippen LogP contribution in [0.15, 0.2) is 46.8 Å². The molecule has 250 valence electrons. The number of hydrogen-bond acceptors (Lipinski definition) is 11. The number of benzene rings is 1. The van der Waals surface area contributed by atoms with E-state index in [0.29, 0.717) is 17.6 Å². The Kier molecular flexibility index (Phi) is 11.3. The maximum absolute atomic E-state index is 13.8. The Hall–Kier alpha value is -4.87. The number of thiazole rings is 1. The van der Waals surface area contributed by atoms with Crippen LogP contribution in [0.2, 0.25) is 0 Å². The van der Waals surface area contributed by atoms with Crippen molar-refractivity contribution in [2.45, 2.75) is 26.1 Å². The lowest BCUT2D eigenvalue weighted by atomic mass is 9.99. The van der Waals surface area contributed by atoms with Gasteiger partial charge in [0.2, 0.25) is 12.2 Å². The molecule has 0 fully saturated rings. The van der Waals surface area contributed by atoms with Crippen LogP contribution in [0.25, 0.3) is 32.6 Å². The summed E-state index contributed by atoms with van der Waals surface area (Å²) in [6, 6.07) is 4.99. The summed E-state index contributed by atoms with van der Waals surface area (Å²) in [5.74, 6) is -1.71. The lowest BCUT2D eigenvalue weighted by Gasteiger charge is -2.22. The molecule has 0 unspecified atom stereocenters. The van der Waals surface area contributed by atoms with Gasteiger partial charge in [0, 0.05) is 62.0 Å². The molecule has 13 nitrogen and oxygen atoms in total. The number of nitrogens with one attached hydrogen (secondary N) is 2. The van der Waals surface area contributed by atoms with E-state index >= 15 is 0 Å². The number of methoxy groups -OCH3 is 2. The molecule has 0 bridgehead atoms. The molecule has 2 N–H and O–H groups in total. The van der Waals surface area contributed by atoms with Crippen molar-refractivity contribution in [3.63, 3.8) is 0 Å². The van der Waals surface area contributed by atoms with Gasteiger partial charge in [0.1, 0.15) is 16.4 Å². The molecule has 3 heterocycles. The van der Waals surface area contributed by atoms with Gasteiger partial charge in [-0.1, -0.05) is 6.07 Å². The SMILES string of the molecule is CCNC(=O)Nc1cc(-c2nc(C(F)(F)F)cs2)c(-c2ccc3c(c2)c(=O)c(C(=O)OCOC(C)=O)cn3C(COC)COC)cn1. The average Bonchev–Trinajstić information content (AvgIpc) is 3.52. The van der Waals surface area contributed by atoms with Crippen molar-refractivity contribution in [2.75, 3.05) is 46.1 Å². The third-order valence-electron chi connectivity index (χ3n) is 6.63. The van der Waals surface area contributed by atoms with E-state index in [4.69, 9.17) is 14.2 Å². The van der Waals surface area contributed by atoms with Gasteiger partial charge in [-0.25, -0.2) is 19.6 Å². The molecule has 1 aromatic carbocycles. The van der Waals surface area contributed by atoms with Crippen LogP contribution in [0.4, 0.5) is 23.8 Å². The Morgan fingerprint density at radius 1 is 1.06 bits per heavy atom. The van der Waals surface area contributed by atoms with Crippen molar-refractivity contribution in [3.05, 3.63) is 63.5 Å². The fourth-order valence-electron chi connectivity index (χ4n) is 4.59. The van der Waals surface area contributed by atoms with E-state index in [9.17, 15) is 32.3 Å². The number of alkyl halides is 3. The minimum Gasteiger partial charge on any atom is -0.428 e. The molecule has 0 aliphatic carbocycles. The fourth-order valence-corrected chi connectivity index (χ4v) is 5.44. The van der Waals surface area contributed by atoms with E-state index in [1.807, 2.05) is 0 Å². The molecule has 47 heavy (non-hydrogen) atoms. The van der Waals surface area contributed by atoms with Gasteiger partial charge in [-0.3, -0.25) is 14.9 Å². The highest BCUT2D eigenvalue weighted by atomic mass is 32.1. The van der Waals surface area contributed by atoms with Crippen molar-refractivity contribution in [3.8, 4) is 21.7 Å². The van der Waals surface area contributed by atoms with Crippen molar-refractivity contribution in [1.82, 2.24) is 19.9 Å². The second-order valence-corrected chi connectivity index (χ2v) is 10.8. The van der Waals surface area contributed by atoms with Gasteiger partial charge in [-0.15, -0.1) is 11.3 Å². The second kappa shape index (κ2) is 15.1. The molecule has 0 aliphatic heterocycles. The van der Waals surface area contributed by atoms with Crippen molar-refractivity contribution >= 4 is 46.0 Å². The number of amides is 2. The molecule has 0 saturated carbocycles. The van der Waals surface area contributed by atoms with Crippen LogP contribution < -0.4 is 16.1 Å². The zero-order chi connectivity index (χ0) is 34.3. The van der Waals surface area contributed by atoms with Crippen LogP contribution in [0.5, 0.6) is 0 Å². The summed E-state index contributed by atoms with van der Waals surface area (Å²) >= 11 is 0.738. The lowest BCUT2D eigenvalue weighted by molar-refractivity contribution is -0.149. The molecule has 3 aromatic heterocycles. The van der Waals surface area contributed by atoms with Crippen molar-refractivity contribution in [1.29, 1.82) is 0 Å². The number of esters is 2. The Balaban J connectivity index is 1.93. The number of carbonyl (C=O) groups excluding carboxylic acids is 3. The first-order valence-electron chi connectivity index (χ1n) is 13.9. The van der Waals surface area contributed by atoms with Crippen LogP contribution >= 0.6 is 11.3 Å². The summed E-state index contributed by atoms with van der Waals surface area (Å²) in [5, 5.41) is 5.97. The number of carbonyl (C=O) groups is 3. The van der Waals surface area contributed by atoms with E-state index < -0.39 is 48.1 Å². The molecule has 17 heteroatoms. The molecule has 0 aliphatic rings. The number of nitrogens with zero attached hydrogens (tertiary/aromatic N) is 3. The molecule has 0 atom stereocenters. The molecular weight excluding hydrogens is 647 g/mol. The maximum Gasteiger partial charge on any atom is 0.434 e. The zero-order valence-electron chi connectivity index (χ0n) is 25.6. The van der Waals surface area contributed by atoms with Crippen LogP contribution in [0.1, 0.15) is 35.9 Å². The van der Waals surface area contributed by atoms with Crippen LogP contribution in [0, 0.1) is 0 Å². The summed E-state index contributed by atoms with van der Waals surface area (Å²) < 4.78 is 62.4. The highest BCUT2D eigenvalue weighted by Crippen LogP contribution is 2.39. The first-order chi connectivity index (χ1) is 22.4. The first kappa shape index (κ1) is 35.0. The van der Waals surface area contributed by atoms with Crippen molar-refractivity contribution in [2.24, 2.45) is 0 Å². The van der Waals surface area contributed by atoms with Crippen LogP contribution in [-0.2, 0) is 29.9 Å². The predicted octanol–water partition coefficient (Wildman–Crippen LogP) is 4.86. The molecule has 0 radical (unpaired) electrons. The molecule has 2 amide bonds. The number of rotatable bonds is 12. The van der Waals surface area contributed by atoms with Crippen LogP contribution in [0.3, 0.4) is 0 Å². The number of ether oxygens (including phenoxy) is 4. The summed E-state index contributed by atoms with van der Waals surface area (Å²) in [4.78, 5) is 58.1. The number of anilines is 1. The lowest BCUT2D eigenvalue weighted by Crippen LogP contribution is -2.28. The Morgan fingerprint density at radius 3 is 2.40 bits per heavy atom. The number of urea groups is 1. The topological polar surface area (TPSA) is 160 Å². The first-order valence-corrected chi connectivity index (χ1v) is 14.8. The minimum absolute atomic E-state index is 0.0192. The molecule has 4 aromatic rings. The second-order valence-electron chi connectivity index (χ2n) is 9.90. The summed E-state index contributed by atoms with van der Waals surface area (Å²) in [6.45, 7) is 2.71. The number of aromatic nitrogens is 3. The molecule has 0 spiro atoms. The number of halogens is 3. The number of fused-ring (bicyclic) bond motifs is 1. The van der Waals surface area contributed by atoms with E-state index in [1.165, 1.54) is 38.7 Å². The van der Waals surface area contributed by atoms with Gasteiger partial charge >= 0.3 is 24.1 Å². The maximum atomic E-state index is 13.8. The average molecular weight is 678 g/mol. The Morgan fingerprint density at radius 2 is 1.79 bits per heavy atom. The van der Waals surface area contributed by atoms with E-state index in [0.717, 1.165) is 23.6 Å². The van der Waals surface area contributed by atoms with E-state index in [2.05, 4.69) is 25.3 Å². The van der Waals surface area contributed by atoms with Gasteiger partial charge in [-0.05, 0) is 30.7 Å². The van der Waals surface area contributed by atoms with Gasteiger partial charge in [0.05, 0.1) is 24.8 Å². The largest absolute Gasteiger partial charge is 0.434 e. The normalized spacial score (nSPS) is 11.5. The van der Waals surface area contributed by atoms with Gasteiger partial charge < -0.3 is 28.8 Å². The highest BCUT2D eigenvalue weighted by Gasteiger charge is 2.34. The summed E-state index contributed by atoms with van der Waals surface area (Å²) in [6.07, 6.45) is -2.06. The van der Waals surface area contributed by atoms with Gasteiger partial charge in [0.25, 0.3) is 0 Å². The standard InChI is InChI=1S/C30H30F3N5O8S/c1-5-34-29(42)37-25-9-19(27-36-24(14-47-27)30(31,32)33)21(10-35-25)17-6-7-23-20(8-17)26(40)22(28(41)46-15-45-16(2)39)11-38(23)18(12-43-3)13-44-4/h6-11,14,18H,5,12-13,15H2,1-4H3,(H2,34,35,37,42). The highest BCUT2D eigenvalue weighted by molar-refractivity contribution is 7.13. The van der Waals surface area contributed by atoms with Crippen LogP contribution in [-0.4, -0.2) is 73.3 Å². The predicted molar refractivity (Wildman–Crippen MR) is 165 cm³/mol. The third kappa shape index (κ3) is 8.30. The summed E-state index contributed by atoms with van der Waals surface area (Å²) in [5.41, 5.74) is -0.995. The molecular formula is C30H30F3N5O8S. The van der Waals surface area contributed by atoms with E-state index in [-0.39, 0.29) is 46.1 Å². The number of hydrogen-bond donors (Lipinski definition) is 2. The summed E-state index contributed by atoms with van der Waals surface area (Å²) in [7, 11) is 2.95. The zero-order valence-corrected chi connectivity index (χ0v) is 26.4. The Bertz CT molecular complexity index is 1840. The van der Waals surface area contributed by atoms with Crippen molar-refractivity contribution < 1.29 is 46.5 Å². The third-order valence-corrected chi connectivity index (χ3v) is 7.51.